The van der Waals surface area contributed by atoms with Gasteiger partial charge in [-0.1, -0.05) is 0 Å². The highest BCUT2D eigenvalue weighted by atomic mass is 16.6. The van der Waals surface area contributed by atoms with Gasteiger partial charge in [0, 0.05) is 0 Å². The number of carbonyl (C=O) groups is 1. The Labute approximate surface area is 101 Å². The Morgan fingerprint density at radius 3 is 2.61 bits per heavy atom. The van der Waals surface area contributed by atoms with Crippen molar-refractivity contribution in [1.29, 1.82) is 0 Å². The molecule has 9 nitrogen and oxygen atoms in total. The normalized spacial score (nSPS) is 31.7. The van der Waals surface area contributed by atoms with E-state index in [1.807, 2.05) is 0 Å². The molecule has 1 saturated heterocycles. The summed E-state index contributed by atoms with van der Waals surface area (Å²) in [7, 11) is 0. The molecule has 9 heteroatoms. The summed E-state index contributed by atoms with van der Waals surface area (Å²) < 4.78 is 6.12. The Morgan fingerprint density at radius 2 is 2.17 bits per heavy atom. The first kappa shape index (κ1) is 12.8. The van der Waals surface area contributed by atoms with Gasteiger partial charge in [0.05, 0.1) is 6.61 Å². The fraction of sp³-hybridized carbons (Fsp3) is 0.556. The van der Waals surface area contributed by atoms with Gasteiger partial charge in [0.15, 0.2) is 11.9 Å². The Bertz CT molecular complexity index is 461. The number of rotatable bonds is 3. The number of primary amides is 1. The summed E-state index contributed by atoms with van der Waals surface area (Å²) in [5.74, 6) is -1.50. The molecule has 1 aromatic rings. The molecule has 0 aromatic carbocycles. The van der Waals surface area contributed by atoms with E-state index in [9.17, 15) is 20.1 Å². The van der Waals surface area contributed by atoms with E-state index in [-0.39, 0.29) is 5.69 Å². The van der Waals surface area contributed by atoms with Gasteiger partial charge in [-0.2, -0.15) is 0 Å². The fourth-order valence-corrected chi connectivity index (χ4v) is 1.82. The number of nitrogens with zero attached hydrogens (tertiary/aromatic N) is 2. The number of hydrogen-bond donors (Lipinski definition) is 5. The second kappa shape index (κ2) is 4.53. The number of aromatic nitrogens is 2. The molecule has 0 bridgehead atoms. The predicted octanol–water partition coefficient (Wildman–Crippen LogP) is -2.70. The van der Waals surface area contributed by atoms with E-state index >= 15 is 0 Å². The predicted molar refractivity (Wildman–Crippen MR) is 55.4 cm³/mol. The maximum Gasteiger partial charge on any atom is 0.272 e. The summed E-state index contributed by atoms with van der Waals surface area (Å²) in [5.41, 5.74) is 4.61. The van der Waals surface area contributed by atoms with Gasteiger partial charge in [0.2, 0.25) is 5.88 Å². The first-order valence-corrected chi connectivity index (χ1v) is 5.15. The molecule has 4 atom stereocenters. The minimum absolute atomic E-state index is 0.368. The quantitative estimate of drug-likeness (QED) is 0.396. The van der Waals surface area contributed by atoms with E-state index in [2.05, 4.69) is 4.98 Å². The lowest BCUT2D eigenvalue weighted by Gasteiger charge is -2.16. The topological polar surface area (TPSA) is 151 Å². The highest BCUT2D eigenvalue weighted by Crippen LogP contribution is 2.32. The van der Waals surface area contributed by atoms with Crippen LogP contribution in [0.5, 0.6) is 5.88 Å². The zero-order valence-corrected chi connectivity index (χ0v) is 9.17. The van der Waals surface area contributed by atoms with Crippen LogP contribution in [0.4, 0.5) is 0 Å². The van der Waals surface area contributed by atoms with Crippen LogP contribution in [-0.4, -0.2) is 60.8 Å². The lowest BCUT2D eigenvalue weighted by molar-refractivity contribution is -0.0553. The van der Waals surface area contributed by atoms with Gasteiger partial charge in [0.1, 0.15) is 24.6 Å². The molecule has 0 spiro atoms. The fourth-order valence-electron chi connectivity index (χ4n) is 1.82. The minimum Gasteiger partial charge on any atom is -0.493 e. The lowest BCUT2D eigenvalue weighted by Crippen LogP contribution is -2.33. The number of amides is 1. The van der Waals surface area contributed by atoms with Crippen molar-refractivity contribution in [2.45, 2.75) is 24.5 Å². The molecular formula is C9H13N3O6. The molecule has 2 rings (SSSR count). The number of aliphatic hydroxyl groups is 3. The number of nitrogens with two attached hydrogens (primary N) is 1. The smallest absolute Gasteiger partial charge is 0.272 e. The third-order valence-electron chi connectivity index (χ3n) is 2.79. The molecule has 18 heavy (non-hydrogen) atoms. The average Bonchev–Trinajstić information content (AvgIpc) is 2.82. The van der Waals surface area contributed by atoms with Crippen molar-refractivity contribution in [3.63, 3.8) is 0 Å². The van der Waals surface area contributed by atoms with Crippen molar-refractivity contribution in [1.82, 2.24) is 9.55 Å². The van der Waals surface area contributed by atoms with Crippen LogP contribution in [0.3, 0.4) is 0 Å². The SMILES string of the molecule is NC(=O)c1ncn([C@@H]2O[C@H](CO)C(O)C2O)c1O. The van der Waals surface area contributed by atoms with Crippen molar-refractivity contribution in [2.24, 2.45) is 5.73 Å². The van der Waals surface area contributed by atoms with E-state index in [0.29, 0.717) is 0 Å². The van der Waals surface area contributed by atoms with E-state index in [1.165, 1.54) is 0 Å². The molecule has 0 aliphatic carbocycles. The van der Waals surface area contributed by atoms with Crippen LogP contribution in [0.25, 0.3) is 0 Å². The number of carbonyl (C=O) groups excluding carboxylic acids is 1. The van der Waals surface area contributed by atoms with E-state index in [0.717, 1.165) is 10.9 Å². The largest absolute Gasteiger partial charge is 0.493 e. The van der Waals surface area contributed by atoms with Crippen LogP contribution < -0.4 is 5.73 Å². The molecule has 100 valence electrons. The van der Waals surface area contributed by atoms with Crippen LogP contribution in [-0.2, 0) is 4.74 Å². The van der Waals surface area contributed by atoms with Crippen LogP contribution in [0.15, 0.2) is 6.33 Å². The van der Waals surface area contributed by atoms with Crippen molar-refractivity contribution in [3.8, 4) is 5.88 Å². The molecule has 2 heterocycles. The van der Waals surface area contributed by atoms with Crippen molar-refractivity contribution in [2.75, 3.05) is 6.61 Å². The van der Waals surface area contributed by atoms with Crippen LogP contribution in [0.2, 0.25) is 0 Å². The Kier molecular flexibility index (Phi) is 3.22. The van der Waals surface area contributed by atoms with Gasteiger partial charge in [-0.05, 0) is 0 Å². The van der Waals surface area contributed by atoms with Crippen molar-refractivity contribution < 1.29 is 30.0 Å². The Morgan fingerprint density at radius 1 is 1.50 bits per heavy atom. The maximum absolute atomic E-state index is 10.9. The van der Waals surface area contributed by atoms with E-state index in [4.69, 9.17) is 15.6 Å². The van der Waals surface area contributed by atoms with Gasteiger partial charge < -0.3 is 30.9 Å². The number of imidazole rings is 1. The number of aliphatic hydroxyl groups excluding tert-OH is 3. The molecule has 1 aliphatic rings. The Balaban J connectivity index is 2.30. The minimum atomic E-state index is -1.37. The third kappa shape index (κ3) is 1.82. The molecule has 0 saturated carbocycles. The zero-order chi connectivity index (χ0) is 13.4. The van der Waals surface area contributed by atoms with Gasteiger partial charge in [0.25, 0.3) is 5.91 Å². The number of ether oxygens (including phenoxy) is 1. The van der Waals surface area contributed by atoms with Gasteiger partial charge in [-0.3, -0.25) is 9.36 Å². The second-order valence-corrected chi connectivity index (χ2v) is 3.92. The first-order chi connectivity index (χ1) is 8.47. The van der Waals surface area contributed by atoms with Crippen molar-refractivity contribution >= 4 is 5.91 Å². The number of hydrogen-bond acceptors (Lipinski definition) is 7. The lowest BCUT2D eigenvalue weighted by atomic mass is 10.1. The van der Waals surface area contributed by atoms with E-state index < -0.39 is 42.9 Å². The van der Waals surface area contributed by atoms with E-state index in [1.54, 1.807) is 0 Å². The standard InChI is InChI=1S/C9H13N3O6/c10-7(16)4-8(17)12(2-11-4)9-6(15)5(14)3(1-13)18-9/h2-3,5-6,9,13-15,17H,1H2,(H2,10,16)/t3-,5?,6?,9-/m1/s1. The highest BCUT2D eigenvalue weighted by molar-refractivity contribution is 5.92. The van der Waals surface area contributed by atoms with Crippen LogP contribution in [0, 0.1) is 0 Å². The Hall–Kier alpha value is -1.68. The summed E-state index contributed by atoms with van der Waals surface area (Å²) >= 11 is 0. The van der Waals surface area contributed by atoms with Crippen molar-refractivity contribution in [3.05, 3.63) is 12.0 Å². The summed E-state index contributed by atoms with van der Waals surface area (Å²) in [6.45, 7) is -0.493. The molecule has 1 fully saturated rings. The molecular weight excluding hydrogens is 246 g/mol. The summed E-state index contributed by atoms with van der Waals surface area (Å²) in [6.07, 6.45) is -3.76. The molecule has 1 aliphatic heterocycles. The maximum atomic E-state index is 10.9. The first-order valence-electron chi connectivity index (χ1n) is 5.15. The van der Waals surface area contributed by atoms with Gasteiger partial charge in [-0.25, -0.2) is 4.98 Å². The molecule has 6 N–H and O–H groups in total. The highest BCUT2D eigenvalue weighted by Gasteiger charge is 2.44. The number of aromatic hydroxyl groups is 1. The molecule has 1 aromatic heterocycles. The average molecular weight is 259 g/mol. The monoisotopic (exact) mass is 259 g/mol. The van der Waals surface area contributed by atoms with Crippen LogP contribution >= 0.6 is 0 Å². The summed E-state index contributed by atoms with van der Waals surface area (Å²) in [4.78, 5) is 14.5. The second-order valence-electron chi connectivity index (χ2n) is 3.92. The zero-order valence-electron chi connectivity index (χ0n) is 9.17. The van der Waals surface area contributed by atoms with Gasteiger partial charge in [-0.15, -0.1) is 0 Å². The molecule has 0 radical (unpaired) electrons. The molecule has 1 amide bonds. The van der Waals surface area contributed by atoms with Gasteiger partial charge >= 0.3 is 0 Å². The third-order valence-corrected chi connectivity index (χ3v) is 2.79. The molecule has 2 unspecified atom stereocenters. The summed E-state index contributed by atoms with van der Waals surface area (Å²) in [5, 5.41) is 37.9. The summed E-state index contributed by atoms with van der Waals surface area (Å²) in [6, 6.07) is 0. The van der Waals surface area contributed by atoms with Crippen LogP contribution in [0.1, 0.15) is 16.7 Å².